The van der Waals surface area contributed by atoms with E-state index in [4.69, 9.17) is 0 Å². The maximum atomic E-state index is 3.83. The van der Waals surface area contributed by atoms with Gasteiger partial charge in [-0.3, -0.25) is 0 Å². The lowest BCUT2D eigenvalue weighted by molar-refractivity contribution is 0.308. The van der Waals surface area contributed by atoms with E-state index in [1.54, 1.807) is 0 Å². The van der Waals surface area contributed by atoms with Crippen LogP contribution in [0.25, 0.3) is 0 Å². The summed E-state index contributed by atoms with van der Waals surface area (Å²) in [5.41, 5.74) is 0. The van der Waals surface area contributed by atoms with Gasteiger partial charge in [0.2, 0.25) is 0 Å². The van der Waals surface area contributed by atoms with Crippen LogP contribution in [0.5, 0.6) is 0 Å². The van der Waals surface area contributed by atoms with Gasteiger partial charge >= 0.3 is 0 Å². The molecule has 1 fully saturated rings. The third kappa shape index (κ3) is 3.99. The van der Waals surface area contributed by atoms with Gasteiger partial charge in [0.15, 0.2) is 0 Å². The molecule has 60 valence electrons. The largest absolute Gasteiger partial charge is 0.0973 e. The average Bonchev–Trinajstić information content (AvgIpc) is 2.00. The molecule has 1 heteroatoms. The Labute approximate surface area is 70.0 Å². The molecule has 0 bridgehead atoms. The van der Waals surface area contributed by atoms with Crippen molar-refractivity contribution >= 4 is 18.1 Å². The van der Waals surface area contributed by atoms with Crippen LogP contribution in [-0.2, 0) is 0 Å². The summed E-state index contributed by atoms with van der Waals surface area (Å²) in [5, 5.41) is 0. The molecule has 1 aliphatic rings. The van der Waals surface area contributed by atoms with E-state index in [1.807, 2.05) is 0 Å². The molecule has 0 heterocycles. The van der Waals surface area contributed by atoms with E-state index in [0.717, 1.165) is 11.8 Å². The van der Waals surface area contributed by atoms with Crippen molar-refractivity contribution in [2.45, 2.75) is 39.5 Å². The predicted octanol–water partition coefficient (Wildman–Crippen LogP) is 3.45. The van der Waals surface area contributed by atoms with E-state index < -0.39 is 0 Å². The number of thiocarbonyl (C=S) groups is 1. The van der Waals surface area contributed by atoms with E-state index in [0.29, 0.717) is 0 Å². The summed E-state index contributed by atoms with van der Waals surface area (Å²) in [7, 11) is 0. The van der Waals surface area contributed by atoms with Crippen LogP contribution >= 0.6 is 12.2 Å². The smallest absolute Gasteiger partial charge is 0.0351 e. The highest BCUT2D eigenvalue weighted by Crippen LogP contribution is 2.27. The quantitative estimate of drug-likeness (QED) is 0.487. The maximum absolute atomic E-state index is 3.83. The molecule has 0 nitrogen and oxygen atoms in total. The summed E-state index contributed by atoms with van der Waals surface area (Å²) in [5.74, 6) is 4.87. The van der Waals surface area contributed by atoms with Crippen LogP contribution in [-0.4, -0.2) is 5.87 Å². The second kappa shape index (κ2) is 5.84. The molecule has 0 aromatic carbocycles. The van der Waals surface area contributed by atoms with Gasteiger partial charge in [-0.1, -0.05) is 51.7 Å². The first-order valence-corrected chi connectivity index (χ1v) is 4.65. The molecule has 0 saturated heterocycles. The predicted molar refractivity (Wildman–Crippen MR) is 51.5 cm³/mol. The Morgan fingerprint density at radius 3 is 1.30 bits per heavy atom. The molecule has 0 N–H and O–H groups in total. The zero-order chi connectivity index (χ0) is 7.98. The van der Waals surface area contributed by atoms with Crippen molar-refractivity contribution in [1.29, 1.82) is 0 Å². The molecular formula is C9H18S. The highest BCUT2D eigenvalue weighted by molar-refractivity contribution is 7.77. The Balaban J connectivity index is 0.000000371. The minimum atomic E-state index is 1.02. The first kappa shape index (κ1) is 10.1. The van der Waals surface area contributed by atoms with Crippen molar-refractivity contribution in [3.63, 3.8) is 0 Å². The standard InChI is InChI=1S/C8H16.CH2S/c1-7-3-5-8(2)6-4-7;1-2/h7-8H,3-6H2,1-2H3;1H2. The Bertz CT molecular complexity index is 62.8. The lowest BCUT2D eigenvalue weighted by Crippen LogP contribution is -2.08. The first-order chi connectivity index (χ1) is 4.79. The van der Waals surface area contributed by atoms with Gasteiger partial charge in [0.1, 0.15) is 0 Å². The summed E-state index contributed by atoms with van der Waals surface area (Å²) in [6, 6.07) is 0. The van der Waals surface area contributed by atoms with E-state index in [1.165, 1.54) is 25.7 Å². The highest BCUT2D eigenvalue weighted by atomic mass is 32.1. The molecule has 0 radical (unpaired) electrons. The van der Waals surface area contributed by atoms with Crippen LogP contribution in [0.15, 0.2) is 0 Å². The van der Waals surface area contributed by atoms with Crippen LogP contribution in [0.4, 0.5) is 0 Å². The van der Waals surface area contributed by atoms with Crippen molar-refractivity contribution in [2.75, 3.05) is 0 Å². The fourth-order valence-electron chi connectivity index (χ4n) is 1.43. The van der Waals surface area contributed by atoms with Crippen molar-refractivity contribution in [3.05, 3.63) is 0 Å². The van der Waals surface area contributed by atoms with Gasteiger partial charge in [-0.05, 0) is 17.7 Å². The molecule has 1 saturated carbocycles. The molecule has 0 aromatic heterocycles. The summed E-state index contributed by atoms with van der Waals surface area (Å²) in [6.07, 6.45) is 5.89. The topological polar surface area (TPSA) is 0 Å². The fourth-order valence-corrected chi connectivity index (χ4v) is 1.43. The van der Waals surface area contributed by atoms with Crippen LogP contribution in [0.3, 0.4) is 0 Å². The van der Waals surface area contributed by atoms with E-state index >= 15 is 0 Å². The van der Waals surface area contributed by atoms with Gasteiger partial charge in [-0.15, -0.1) is 0 Å². The Kier molecular flexibility index (Phi) is 5.90. The van der Waals surface area contributed by atoms with Crippen molar-refractivity contribution in [2.24, 2.45) is 11.8 Å². The molecule has 0 amide bonds. The highest BCUT2D eigenvalue weighted by Gasteiger charge is 2.13. The molecule has 0 aliphatic heterocycles. The summed E-state index contributed by atoms with van der Waals surface area (Å²) < 4.78 is 0. The van der Waals surface area contributed by atoms with Gasteiger partial charge in [-0.2, -0.15) is 0 Å². The number of hydrogen-bond acceptors (Lipinski definition) is 1. The summed E-state index contributed by atoms with van der Waals surface area (Å²) in [4.78, 5) is 0. The summed E-state index contributed by atoms with van der Waals surface area (Å²) >= 11 is 3.83. The van der Waals surface area contributed by atoms with Gasteiger partial charge in [0, 0.05) is 0 Å². The molecule has 10 heavy (non-hydrogen) atoms. The molecule has 0 spiro atoms. The van der Waals surface area contributed by atoms with Crippen LogP contribution in [0.2, 0.25) is 0 Å². The monoisotopic (exact) mass is 158 g/mol. The molecule has 0 aromatic rings. The average molecular weight is 158 g/mol. The number of hydrogen-bond donors (Lipinski definition) is 0. The van der Waals surface area contributed by atoms with E-state index in [9.17, 15) is 0 Å². The minimum Gasteiger partial charge on any atom is -0.0973 e. The van der Waals surface area contributed by atoms with Crippen molar-refractivity contribution in [1.82, 2.24) is 0 Å². The third-order valence-corrected chi connectivity index (χ3v) is 2.30. The molecule has 0 unspecified atom stereocenters. The first-order valence-electron chi connectivity index (χ1n) is 4.08. The normalized spacial score (nSPS) is 32.2. The number of rotatable bonds is 0. The zero-order valence-corrected chi connectivity index (χ0v) is 7.91. The zero-order valence-electron chi connectivity index (χ0n) is 7.10. The maximum Gasteiger partial charge on any atom is -0.0351 e. The third-order valence-electron chi connectivity index (χ3n) is 2.30. The van der Waals surface area contributed by atoms with Gasteiger partial charge < -0.3 is 0 Å². The Hall–Kier alpha value is 0.0900. The SMILES string of the molecule is C=S.CC1CCC(C)CC1. The van der Waals surface area contributed by atoms with Gasteiger partial charge in [0.05, 0.1) is 0 Å². The van der Waals surface area contributed by atoms with Gasteiger partial charge in [-0.25, -0.2) is 0 Å². The van der Waals surface area contributed by atoms with Crippen LogP contribution in [0, 0.1) is 11.8 Å². The lowest BCUT2D eigenvalue weighted by atomic mass is 9.84. The van der Waals surface area contributed by atoms with Crippen molar-refractivity contribution < 1.29 is 0 Å². The Morgan fingerprint density at radius 2 is 1.10 bits per heavy atom. The van der Waals surface area contributed by atoms with Crippen LogP contribution < -0.4 is 0 Å². The van der Waals surface area contributed by atoms with E-state index in [-0.39, 0.29) is 0 Å². The lowest BCUT2D eigenvalue weighted by Gasteiger charge is -2.22. The molecule has 0 atom stereocenters. The second-order valence-electron chi connectivity index (χ2n) is 3.37. The molecular weight excluding hydrogens is 140 g/mol. The van der Waals surface area contributed by atoms with Gasteiger partial charge in [0.25, 0.3) is 0 Å². The van der Waals surface area contributed by atoms with Crippen molar-refractivity contribution in [3.8, 4) is 0 Å². The molecule has 1 rings (SSSR count). The fraction of sp³-hybridized carbons (Fsp3) is 0.889. The molecule has 1 aliphatic carbocycles. The minimum absolute atomic E-state index is 1.02. The Morgan fingerprint density at radius 1 is 0.900 bits per heavy atom. The second-order valence-corrected chi connectivity index (χ2v) is 3.37. The summed E-state index contributed by atoms with van der Waals surface area (Å²) in [6.45, 7) is 4.73. The van der Waals surface area contributed by atoms with E-state index in [2.05, 4.69) is 31.9 Å². The van der Waals surface area contributed by atoms with Crippen LogP contribution in [0.1, 0.15) is 39.5 Å².